The minimum atomic E-state index is -1.20. The quantitative estimate of drug-likeness (QED) is 0.662. The Morgan fingerprint density at radius 1 is 1.68 bits per heavy atom. The Morgan fingerprint density at radius 2 is 2.42 bits per heavy atom. The number of aromatic carboxylic acids is 1. The molecule has 0 saturated carbocycles. The molecule has 1 fully saturated rings. The highest BCUT2D eigenvalue weighted by Gasteiger charge is 2.26. The van der Waals surface area contributed by atoms with Crippen LogP contribution < -0.4 is 4.90 Å². The Hall–Kier alpha value is -1.83. The zero-order valence-electron chi connectivity index (χ0n) is 10.3. The minimum absolute atomic E-state index is 0.131. The minimum Gasteiger partial charge on any atom is -0.478 e. The SMILES string of the molecule is CN(c1ncc([N+](=O)[O-])cc1C(=O)O)C1CCSC1. The van der Waals surface area contributed by atoms with Gasteiger partial charge in [0.25, 0.3) is 5.69 Å². The molecular weight excluding hydrogens is 270 g/mol. The van der Waals surface area contributed by atoms with Crippen molar-refractivity contribution in [3.63, 3.8) is 0 Å². The van der Waals surface area contributed by atoms with Gasteiger partial charge < -0.3 is 10.0 Å². The van der Waals surface area contributed by atoms with Crippen molar-refractivity contribution in [1.29, 1.82) is 0 Å². The number of aromatic nitrogens is 1. The first-order valence-corrected chi connectivity index (χ1v) is 6.84. The van der Waals surface area contributed by atoms with Crippen molar-refractivity contribution in [3.05, 3.63) is 27.9 Å². The van der Waals surface area contributed by atoms with E-state index in [9.17, 15) is 14.9 Å². The van der Waals surface area contributed by atoms with E-state index in [1.54, 1.807) is 23.7 Å². The molecule has 0 aliphatic carbocycles. The van der Waals surface area contributed by atoms with E-state index in [1.807, 2.05) is 0 Å². The highest BCUT2D eigenvalue weighted by Crippen LogP contribution is 2.28. The number of carboxylic acid groups (broad SMARTS) is 1. The Balaban J connectivity index is 2.38. The lowest BCUT2D eigenvalue weighted by molar-refractivity contribution is -0.385. The van der Waals surface area contributed by atoms with Crippen molar-refractivity contribution in [3.8, 4) is 0 Å². The number of carboxylic acids is 1. The standard InChI is InChI=1S/C11H13N3O4S/c1-13(7-2-3-19-6-7)10-9(11(15)16)4-8(5-12-10)14(17)18/h4-5,7H,2-3,6H2,1H3,(H,15,16). The van der Waals surface area contributed by atoms with Crippen LogP contribution in [0.3, 0.4) is 0 Å². The summed E-state index contributed by atoms with van der Waals surface area (Å²) >= 11 is 1.80. The van der Waals surface area contributed by atoms with E-state index in [1.165, 1.54) is 0 Å². The molecule has 1 unspecified atom stereocenters. The molecule has 0 aromatic carbocycles. The summed E-state index contributed by atoms with van der Waals surface area (Å²) in [5.74, 6) is 1.02. The fourth-order valence-corrected chi connectivity index (χ4v) is 3.25. The van der Waals surface area contributed by atoms with Crippen LogP contribution in [0, 0.1) is 10.1 Å². The zero-order valence-corrected chi connectivity index (χ0v) is 11.1. The van der Waals surface area contributed by atoms with E-state index in [4.69, 9.17) is 5.11 Å². The van der Waals surface area contributed by atoms with Gasteiger partial charge in [0.05, 0.1) is 4.92 Å². The number of thioether (sulfide) groups is 1. The predicted molar refractivity (Wildman–Crippen MR) is 72.0 cm³/mol. The predicted octanol–water partition coefficient (Wildman–Crippen LogP) is 1.63. The lowest BCUT2D eigenvalue weighted by Gasteiger charge is -2.25. The van der Waals surface area contributed by atoms with Crippen molar-refractivity contribution in [2.45, 2.75) is 12.5 Å². The van der Waals surface area contributed by atoms with Crippen LogP contribution in [-0.2, 0) is 0 Å². The van der Waals surface area contributed by atoms with Crippen molar-refractivity contribution in [1.82, 2.24) is 4.98 Å². The smallest absolute Gasteiger partial charge is 0.339 e. The molecule has 1 atom stereocenters. The molecule has 0 radical (unpaired) electrons. The number of hydrogen-bond acceptors (Lipinski definition) is 6. The van der Waals surface area contributed by atoms with Crippen LogP contribution >= 0.6 is 11.8 Å². The van der Waals surface area contributed by atoms with E-state index in [0.717, 1.165) is 30.2 Å². The van der Waals surface area contributed by atoms with Gasteiger partial charge in [0.15, 0.2) is 0 Å². The van der Waals surface area contributed by atoms with E-state index >= 15 is 0 Å². The van der Waals surface area contributed by atoms with Gasteiger partial charge in [-0.1, -0.05) is 0 Å². The number of rotatable bonds is 4. The molecule has 1 aliphatic rings. The molecule has 0 bridgehead atoms. The molecule has 102 valence electrons. The average molecular weight is 283 g/mol. The second kappa shape index (κ2) is 5.43. The molecule has 1 aromatic rings. The van der Waals surface area contributed by atoms with E-state index in [0.29, 0.717) is 0 Å². The Labute approximate surface area is 113 Å². The first-order valence-electron chi connectivity index (χ1n) is 5.69. The first-order chi connectivity index (χ1) is 9.00. The largest absolute Gasteiger partial charge is 0.478 e. The van der Waals surface area contributed by atoms with Crippen LogP contribution in [0.2, 0.25) is 0 Å². The molecule has 2 heterocycles. The third kappa shape index (κ3) is 2.78. The third-order valence-electron chi connectivity index (χ3n) is 3.08. The highest BCUT2D eigenvalue weighted by molar-refractivity contribution is 7.99. The van der Waals surface area contributed by atoms with Gasteiger partial charge in [-0.3, -0.25) is 10.1 Å². The summed E-state index contributed by atoms with van der Waals surface area (Å²) in [5, 5.41) is 19.8. The fourth-order valence-electron chi connectivity index (χ4n) is 1.99. The summed E-state index contributed by atoms with van der Waals surface area (Å²) < 4.78 is 0. The number of hydrogen-bond donors (Lipinski definition) is 1. The van der Waals surface area contributed by atoms with Crippen LogP contribution in [0.1, 0.15) is 16.8 Å². The second-order valence-electron chi connectivity index (χ2n) is 4.26. The van der Waals surface area contributed by atoms with Gasteiger partial charge in [0, 0.05) is 24.9 Å². The van der Waals surface area contributed by atoms with E-state index < -0.39 is 10.9 Å². The molecule has 1 aromatic heterocycles. The van der Waals surface area contributed by atoms with Gasteiger partial charge in [-0.05, 0) is 12.2 Å². The first kappa shape index (κ1) is 13.6. The van der Waals surface area contributed by atoms with Crippen LogP contribution in [0.15, 0.2) is 12.3 Å². The number of nitro groups is 1. The molecule has 1 saturated heterocycles. The van der Waals surface area contributed by atoms with Crippen molar-refractivity contribution < 1.29 is 14.8 Å². The summed E-state index contributed by atoms with van der Waals surface area (Å²) in [6.07, 6.45) is 2.05. The second-order valence-corrected chi connectivity index (χ2v) is 5.41. The van der Waals surface area contributed by atoms with Gasteiger partial charge in [-0.2, -0.15) is 11.8 Å². The molecule has 8 heteroatoms. The molecule has 0 amide bonds. The lowest BCUT2D eigenvalue weighted by atomic mass is 10.2. The molecule has 2 rings (SSSR count). The molecule has 1 N–H and O–H groups in total. The van der Waals surface area contributed by atoms with Crippen LogP contribution in [0.4, 0.5) is 11.5 Å². The Kier molecular flexibility index (Phi) is 3.89. The van der Waals surface area contributed by atoms with Crippen LogP contribution in [0.25, 0.3) is 0 Å². The Bertz CT molecular complexity index is 517. The van der Waals surface area contributed by atoms with Crippen LogP contribution in [-0.4, -0.2) is 45.6 Å². The summed E-state index contributed by atoms with van der Waals surface area (Å²) in [5.41, 5.74) is -0.441. The van der Waals surface area contributed by atoms with Crippen LogP contribution in [0.5, 0.6) is 0 Å². The maximum Gasteiger partial charge on any atom is 0.339 e. The van der Waals surface area contributed by atoms with Crippen molar-refractivity contribution in [2.75, 3.05) is 23.5 Å². The number of pyridine rings is 1. The molecule has 0 spiro atoms. The topological polar surface area (TPSA) is 96.6 Å². The van der Waals surface area contributed by atoms with Gasteiger partial charge in [0.1, 0.15) is 17.6 Å². The lowest BCUT2D eigenvalue weighted by Crippen LogP contribution is -2.33. The zero-order chi connectivity index (χ0) is 14.0. The summed E-state index contributed by atoms with van der Waals surface area (Å²) in [6.45, 7) is 0. The van der Waals surface area contributed by atoms with E-state index in [2.05, 4.69) is 4.98 Å². The normalized spacial score (nSPS) is 18.3. The van der Waals surface area contributed by atoms with Gasteiger partial charge in [-0.25, -0.2) is 9.78 Å². The summed E-state index contributed by atoms with van der Waals surface area (Å²) in [6, 6.07) is 1.28. The van der Waals surface area contributed by atoms with Gasteiger partial charge in [-0.15, -0.1) is 0 Å². The number of anilines is 1. The average Bonchev–Trinajstić information content (AvgIpc) is 2.90. The maximum absolute atomic E-state index is 11.2. The highest BCUT2D eigenvalue weighted by atomic mass is 32.2. The Morgan fingerprint density at radius 3 is 2.95 bits per heavy atom. The number of carbonyl (C=O) groups is 1. The molecular formula is C11H13N3O4S. The maximum atomic E-state index is 11.2. The monoisotopic (exact) mass is 283 g/mol. The van der Waals surface area contributed by atoms with Crippen molar-refractivity contribution >= 4 is 29.2 Å². The van der Waals surface area contributed by atoms with Gasteiger partial charge in [0.2, 0.25) is 0 Å². The summed E-state index contributed by atoms with van der Waals surface area (Å²) in [4.78, 5) is 27.0. The summed E-state index contributed by atoms with van der Waals surface area (Å²) in [7, 11) is 1.77. The molecule has 19 heavy (non-hydrogen) atoms. The fraction of sp³-hybridized carbons (Fsp3) is 0.455. The third-order valence-corrected chi connectivity index (χ3v) is 4.23. The molecule has 1 aliphatic heterocycles. The molecule has 7 nitrogen and oxygen atoms in total. The number of nitrogens with zero attached hydrogens (tertiary/aromatic N) is 3. The van der Waals surface area contributed by atoms with Gasteiger partial charge >= 0.3 is 5.97 Å². The van der Waals surface area contributed by atoms with Crippen molar-refractivity contribution in [2.24, 2.45) is 0 Å². The van der Waals surface area contributed by atoms with E-state index in [-0.39, 0.29) is 23.1 Å².